The van der Waals surface area contributed by atoms with Crippen molar-refractivity contribution < 1.29 is 9.47 Å². The largest absolute Gasteiger partial charge is 0.497 e. The van der Waals surface area contributed by atoms with Crippen LogP contribution in [0.15, 0.2) is 58.1 Å². The molecule has 0 aliphatic heterocycles. The molecule has 2 heterocycles. The highest BCUT2D eigenvalue weighted by Crippen LogP contribution is 2.15. The Morgan fingerprint density at radius 1 is 1.10 bits per heavy atom. The first-order chi connectivity index (χ1) is 15.1. The molecule has 0 aliphatic carbocycles. The summed E-state index contributed by atoms with van der Waals surface area (Å²) in [5.41, 5.74) is 1.19. The fourth-order valence-electron chi connectivity index (χ4n) is 3.05. The number of benzene rings is 2. The zero-order valence-electron chi connectivity index (χ0n) is 17.2. The van der Waals surface area contributed by atoms with E-state index in [9.17, 15) is 9.59 Å². The van der Waals surface area contributed by atoms with E-state index in [1.54, 1.807) is 13.2 Å². The van der Waals surface area contributed by atoms with Crippen molar-refractivity contribution in [1.82, 2.24) is 14.6 Å². The molecule has 0 bridgehead atoms. The van der Waals surface area contributed by atoms with Crippen molar-refractivity contribution in [3.05, 3.63) is 90.6 Å². The maximum absolute atomic E-state index is 12.8. The molecule has 0 saturated carbocycles. The van der Waals surface area contributed by atoms with Crippen LogP contribution in [0.5, 0.6) is 11.5 Å². The molecule has 4 aromatic rings. The monoisotopic (exact) mass is 435 g/mol. The van der Waals surface area contributed by atoms with Crippen LogP contribution in [0.25, 0.3) is 11.0 Å². The second kappa shape index (κ2) is 9.09. The Morgan fingerprint density at radius 3 is 2.65 bits per heavy atom. The Balaban J connectivity index is 1.67. The van der Waals surface area contributed by atoms with Gasteiger partial charge in [0.2, 0.25) is 4.96 Å². The Hall–Kier alpha value is -3.52. The molecule has 7 nitrogen and oxygen atoms in total. The Kier molecular flexibility index (Phi) is 6.08. The van der Waals surface area contributed by atoms with Crippen LogP contribution in [-0.2, 0) is 6.42 Å². The third-order valence-corrected chi connectivity index (χ3v) is 5.57. The van der Waals surface area contributed by atoms with E-state index >= 15 is 0 Å². The fraction of sp³-hybridized carbons (Fsp3) is 0.217. The van der Waals surface area contributed by atoms with Crippen LogP contribution in [0.4, 0.5) is 0 Å². The molecule has 0 spiro atoms. The molecular weight excluding hydrogens is 414 g/mol. The van der Waals surface area contributed by atoms with Gasteiger partial charge in [-0.2, -0.15) is 14.6 Å². The first-order valence-corrected chi connectivity index (χ1v) is 10.7. The van der Waals surface area contributed by atoms with Gasteiger partial charge < -0.3 is 9.47 Å². The van der Waals surface area contributed by atoms with E-state index in [0.717, 1.165) is 34.6 Å². The standard InChI is InChI=1S/C23H21N3O4S/c1-3-11-30-17-9-7-15(8-10-17)13-19-21(27)24-23-26(25-19)22(28)20(31-23)14-16-5-4-6-18(12-16)29-2/h4-10,12,14H,3,11,13H2,1-2H3/b20-14+. The van der Waals surface area contributed by atoms with Gasteiger partial charge in [0.15, 0.2) is 0 Å². The third kappa shape index (κ3) is 4.64. The molecule has 0 N–H and O–H groups in total. The first-order valence-electron chi connectivity index (χ1n) is 9.87. The van der Waals surface area contributed by atoms with E-state index in [0.29, 0.717) is 16.9 Å². The number of fused-ring (bicyclic) bond motifs is 1. The molecule has 0 amide bonds. The summed E-state index contributed by atoms with van der Waals surface area (Å²) < 4.78 is 12.4. The SMILES string of the molecule is CCCOc1ccc(Cc2nn3c(=O)/c(=C\c4cccc(OC)c4)sc3nc2=O)cc1. The highest BCUT2D eigenvalue weighted by molar-refractivity contribution is 7.15. The predicted molar refractivity (Wildman–Crippen MR) is 120 cm³/mol. The van der Waals surface area contributed by atoms with Crippen molar-refractivity contribution >= 4 is 22.4 Å². The molecule has 2 aromatic heterocycles. The lowest BCUT2D eigenvalue weighted by molar-refractivity contribution is 0.317. The van der Waals surface area contributed by atoms with Crippen LogP contribution in [-0.4, -0.2) is 28.3 Å². The van der Waals surface area contributed by atoms with Gasteiger partial charge in [0.1, 0.15) is 17.2 Å². The van der Waals surface area contributed by atoms with Crippen LogP contribution in [0.1, 0.15) is 30.2 Å². The highest BCUT2D eigenvalue weighted by Gasteiger charge is 2.12. The summed E-state index contributed by atoms with van der Waals surface area (Å²) in [6.45, 7) is 2.70. The number of ether oxygens (including phenoxy) is 2. The van der Waals surface area contributed by atoms with E-state index < -0.39 is 5.56 Å². The van der Waals surface area contributed by atoms with Gasteiger partial charge in [-0.05, 0) is 47.9 Å². The molecule has 0 atom stereocenters. The minimum Gasteiger partial charge on any atom is -0.497 e. The van der Waals surface area contributed by atoms with Gasteiger partial charge in [0.25, 0.3) is 11.1 Å². The maximum Gasteiger partial charge on any atom is 0.296 e. The smallest absolute Gasteiger partial charge is 0.296 e. The van der Waals surface area contributed by atoms with Crippen molar-refractivity contribution in [2.24, 2.45) is 0 Å². The average Bonchev–Trinajstić information content (AvgIpc) is 3.07. The summed E-state index contributed by atoms with van der Waals surface area (Å²) in [5.74, 6) is 1.47. The number of aromatic nitrogens is 3. The first kappa shape index (κ1) is 20.7. The highest BCUT2D eigenvalue weighted by atomic mass is 32.1. The van der Waals surface area contributed by atoms with Crippen molar-refractivity contribution in [2.75, 3.05) is 13.7 Å². The predicted octanol–water partition coefficient (Wildman–Crippen LogP) is 2.45. The lowest BCUT2D eigenvalue weighted by atomic mass is 10.1. The molecule has 0 radical (unpaired) electrons. The minimum atomic E-state index is -0.430. The van der Waals surface area contributed by atoms with Gasteiger partial charge in [0.05, 0.1) is 18.2 Å². The second-order valence-electron chi connectivity index (χ2n) is 6.92. The number of methoxy groups -OCH3 is 1. The van der Waals surface area contributed by atoms with Crippen LogP contribution < -0.4 is 25.1 Å². The summed E-state index contributed by atoms with van der Waals surface area (Å²) in [6, 6.07) is 14.9. The van der Waals surface area contributed by atoms with Gasteiger partial charge in [0, 0.05) is 6.42 Å². The molecule has 31 heavy (non-hydrogen) atoms. The van der Waals surface area contributed by atoms with Gasteiger partial charge >= 0.3 is 0 Å². The van der Waals surface area contributed by atoms with Crippen LogP contribution in [0.3, 0.4) is 0 Å². The van der Waals surface area contributed by atoms with E-state index in [-0.39, 0.29) is 22.6 Å². The zero-order valence-corrected chi connectivity index (χ0v) is 18.0. The molecule has 4 rings (SSSR count). The number of nitrogens with zero attached hydrogens (tertiary/aromatic N) is 3. The van der Waals surface area contributed by atoms with Crippen molar-refractivity contribution in [1.29, 1.82) is 0 Å². The van der Waals surface area contributed by atoms with Gasteiger partial charge in [-0.1, -0.05) is 42.5 Å². The number of hydrogen-bond donors (Lipinski definition) is 0. The normalized spacial score (nSPS) is 11.7. The molecule has 8 heteroatoms. The van der Waals surface area contributed by atoms with Crippen molar-refractivity contribution in [3.63, 3.8) is 0 Å². The van der Waals surface area contributed by atoms with E-state index in [1.165, 1.54) is 4.52 Å². The third-order valence-electron chi connectivity index (χ3n) is 4.61. The average molecular weight is 436 g/mol. The zero-order chi connectivity index (χ0) is 21.8. The molecule has 0 saturated heterocycles. The quantitative estimate of drug-likeness (QED) is 0.444. The van der Waals surface area contributed by atoms with Gasteiger partial charge in [-0.15, -0.1) is 0 Å². The molecule has 0 unspecified atom stereocenters. The number of thiazole rings is 1. The summed E-state index contributed by atoms with van der Waals surface area (Å²) in [5, 5.41) is 4.30. The lowest BCUT2D eigenvalue weighted by Gasteiger charge is -2.05. The number of rotatable bonds is 7. The Morgan fingerprint density at radius 2 is 1.90 bits per heavy atom. The van der Waals surface area contributed by atoms with Crippen LogP contribution in [0.2, 0.25) is 0 Å². The number of hydrogen-bond acceptors (Lipinski definition) is 7. The van der Waals surface area contributed by atoms with Crippen LogP contribution >= 0.6 is 11.3 Å². The summed E-state index contributed by atoms with van der Waals surface area (Å²) in [4.78, 5) is 29.7. The van der Waals surface area contributed by atoms with E-state index in [4.69, 9.17) is 9.47 Å². The van der Waals surface area contributed by atoms with E-state index in [2.05, 4.69) is 10.1 Å². The Labute approximate surface area is 182 Å². The second-order valence-corrected chi connectivity index (χ2v) is 7.93. The summed E-state index contributed by atoms with van der Waals surface area (Å²) >= 11 is 1.13. The van der Waals surface area contributed by atoms with Crippen molar-refractivity contribution in [3.8, 4) is 11.5 Å². The minimum absolute atomic E-state index is 0.225. The summed E-state index contributed by atoms with van der Waals surface area (Å²) in [6.07, 6.45) is 2.96. The van der Waals surface area contributed by atoms with Crippen LogP contribution in [0, 0.1) is 0 Å². The van der Waals surface area contributed by atoms with Gasteiger partial charge in [-0.3, -0.25) is 9.59 Å². The van der Waals surface area contributed by atoms with E-state index in [1.807, 2.05) is 55.5 Å². The lowest BCUT2D eigenvalue weighted by Crippen LogP contribution is -2.28. The van der Waals surface area contributed by atoms with Crippen molar-refractivity contribution in [2.45, 2.75) is 19.8 Å². The topological polar surface area (TPSA) is 82.8 Å². The molecule has 0 aliphatic rings. The maximum atomic E-state index is 12.8. The molecule has 158 valence electrons. The molecule has 0 fully saturated rings. The fourth-order valence-corrected chi connectivity index (χ4v) is 3.96. The molecular formula is C23H21N3O4S. The Bertz CT molecular complexity index is 1380. The molecule has 2 aromatic carbocycles. The van der Waals surface area contributed by atoms with Gasteiger partial charge in [-0.25, -0.2) is 0 Å². The summed E-state index contributed by atoms with van der Waals surface area (Å²) in [7, 11) is 1.59.